The minimum absolute atomic E-state index is 0.0282. The molecule has 1 rings (SSSR count). The molecule has 1 aliphatic heterocycles. The van der Waals surface area contributed by atoms with Crippen LogP contribution in [0.15, 0.2) is 0 Å². The Bertz CT molecular complexity index is 299. The van der Waals surface area contributed by atoms with Crippen molar-refractivity contribution in [1.29, 1.82) is 0 Å². The SMILES string of the molecule is CC(CS(C)(=O)=O)N1CNCC1=O. The molecule has 6 heteroatoms. The van der Waals surface area contributed by atoms with Crippen LogP contribution in [0.5, 0.6) is 0 Å². The molecule has 0 spiro atoms. The molecule has 1 heterocycles. The number of hydrogen-bond acceptors (Lipinski definition) is 4. The van der Waals surface area contributed by atoms with E-state index in [4.69, 9.17) is 0 Å². The van der Waals surface area contributed by atoms with E-state index in [9.17, 15) is 13.2 Å². The Hall–Kier alpha value is -0.620. The molecule has 0 saturated carbocycles. The lowest BCUT2D eigenvalue weighted by molar-refractivity contribution is -0.127. The van der Waals surface area contributed by atoms with Gasteiger partial charge >= 0.3 is 0 Å². The predicted octanol–water partition coefficient (Wildman–Crippen LogP) is -1.19. The number of sulfone groups is 1. The van der Waals surface area contributed by atoms with Gasteiger partial charge < -0.3 is 4.90 Å². The molecule has 1 saturated heterocycles. The average molecular weight is 206 g/mol. The van der Waals surface area contributed by atoms with Crippen molar-refractivity contribution in [2.24, 2.45) is 0 Å². The summed E-state index contributed by atoms with van der Waals surface area (Å²) in [5, 5.41) is 2.87. The molecule has 0 aromatic rings. The highest BCUT2D eigenvalue weighted by atomic mass is 32.2. The maximum absolute atomic E-state index is 11.2. The Balaban J connectivity index is 2.57. The van der Waals surface area contributed by atoms with Gasteiger partial charge in [-0.2, -0.15) is 0 Å². The van der Waals surface area contributed by atoms with Gasteiger partial charge in [0.05, 0.1) is 19.0 Å². The largest absolute Gasteiger partial charge is 0.325 e. The first-order valence-corrected chi connectivity index (χ1v) is 6.14. The van der Waals surface area contributed by atoms with Crippen LogP contribution in [0, 0.1) is 0 Å². The minimum atomic E-state index is -3.01. The third-order valence-corrected chi connectivity index (χ3v) is 3.04. The second kappa shape index (κ2) is 3.63. The number of carbonyl (C=O) groups excluding carboxylic acids is 1. The minimum Gasteiger partial charge on any atom is -0.325 e. The summed E-state index contributed by atoms with van der Waals surface area (Å²) in [5.41, 5.74) is 0. The van der Waals surface area contributed by atoms with Crippen molar-refractivity contribution in [1.82, 2.24) is 10.2 Å². The standard InChI is InChI=1S/C7H14N2O3S/c1-6(4-13(2,11)12)9-5-8-3-7(9)10/h6,8H,3-5H2,1-2H3. The number of hydrogen-bond donors (Lipinski definition) is 1. The highest BCUT2D eigenvalue weighted by molar-refractivity contribution is 7.90. The maximum atomic E-state index is 11.2. The lowest BCUT2D eigenvalue weighted by atomic mass is 10.3. The first-order chi connectivity index (χ1) is 5.90. The van der Waals surface area contributed by atoms with Gasteiger partial charge in [0.1, 0.15) is 9.84 Å². The third-order valence-electron chi connectivity index (χ3n) is 1.95. The fourth-order valence-electron chi connectivity index (χ4n) is 1.40. The van der Waals surface area contributed by atoms with E-state index in [1.54, 1.807) is 11.8 Å². The molecule has 0 aromatic heterocycles. The van der Waals surface area contributed by atoms with Crippen LogP contribution in [0.25, 0.3) is 0 Å². The van der Waals surface area contributed by atoms with Crippen LogP contribution in [0.3, 0.4) is 0 Å². The van der Waals surface area contributed by atoms with E-state index in [2.05, 4.69) is 5.32 Å². The van der Waals surface area contributed by atoms with Gasteiger partial charge in [-0.25, -0.2) is 8.42 Å². The van der Waals surface area contributed by atoms with Crippen molar-refractivity contribution in [3.8, 4) is 0 Å². The van der Waals surface area contributed by atoms with Crippen molar-refractivity contribution in [2.75, 3.05) is 25.2 Å². The first-order valence-electron chi connectivity index (χ1n) is 4.08. The number of carbonyl (C=O) groups is 1. The highest BCUT2D eigenvalue weighted by Gasteiger charge is 2.26. The average Bonchev–Trinajstić information content (AvgIpc) is 2.30. The number of rotatable bonds is 3. The molecule has 1 aliphatic rings. The normalized spacial score (nSPS) is 20.8. The van der Waals surface area contributed by atoms with Crippen LogP contribution in [-0.4, -0.2) is 50.5 Å². The van der Waals surface area contributed by atoms with Gasteiger partial charge in [-0.3, -0.25) is 10.1 Å². The van der Waals surface area contributed by atoms with E-state index in [1.165, 1.54) is 6.26 Å². The molecule has 0 bridgehead atoms. The van der Waals surface area contributed by atoms with E-state index in [1.807, 2.05) is 0 Å². The van der Waals surface area contributed by atoms with Crippen LogP contribution >= 0.6 is 0 Å². The summed E-state index contributed by atoms with van der Waals surface area (Å²) in [6.45, 7) is 2.51. The fraction of sp³-hybridized carbons (Fsp3) is 0.857. The van der Waals surface area contributed by atoms with Gasteiger partial charge in [0.2, 0.25) is 5.91 Å². The van der Waals surface area contributed by atoms with E-state index < -0.39 is 9.84 Å². The van der Waals surface area contributed by atoms with Gasteiger partial charge in [-0.05, 0) is 6.92 Å². The summed E-state index contributed by atoms with van der Waals surface area (Å²) in [6.07, 6.45) is 1.18. The second-order valence-corrected chi connectivity index (χ2v) is 5.57. The zero-order chi connectivity index (χ0) is 10.1. The van der Waals surface area contributed by atoms with Gasteiger partial charge in [0.25, 0.3) is 0 Å². The summed E-state index contributed by atoms with van der Waals surface area (Å²) in [7, 11) is -3.01. The fourth-order valence-corrected chi connectivity index (χ4v) is 2.46. The number of nitrogens with one attached hydrogen (secondary N) is 1. The van der Waals surface area contributed by atoms with Gasteiger partial charge in [0.15, 0.2) is 0 Å². The topological polar surface area (TPSA) is 66.5 Å². The van der Waals surface area contributed by atoms with Crippen molar-refractivity contribution in [3.05, 3.63) is 0 Å². The Kier molecular flexibility index (Phi) is 2.92. The second-order valence-electron chi connectivity index (χ2n) is 3.39. The van der Waals surface area contributed by atoms with Crippen LogP contribution in [0.2, 0.25) is 0 Å². The van der Waals surface area contributed by atoms with Gasteiger partial charge in [-0.15, -0.1) is 0 Å². The van der Waals surface area contributed by atoms with Crippen LogP contribution in [0.1, 0.15) is 6.92 Å². The lowest BCUT2D eigenvalue weighted by Gasteiger charge is -2.22. The summed E-state index contributed by atoms with van der Waals surface area (Å²) in [6, 6.07) is -0.238. The van der Waals surface area contributed by atoms with Gasteiger partial charge in [-0.1, -0.05) is 0 Å². The Morgan fingerprint density at radius 1 is 1.62 bits per heavy atom. The molecule has 0 aromatic carbocycles. The number of nitrogens with zero attached hydrogens (tertiary/aromatic N) is 1. The van der Waals surface area contributed by atoms with Crippen molar-refractivity contribution in [3.63, 3.8) is 0 Å². The Labute approximate surface area is 78.0 Å². The molecule has 1 unspecified atom stereocenters. The van der Waals surface area contributed by atoms with E-state index in [-0.39, 0.29) is 17.7 Å². The molecule has 0 aliphatic carbocycles. The molecule has 1 amide bonds. The van der Waals surface area contributed by atoms with E-state index in [0.717, 1.165) is 0 Å². The zero-order valence-corrected chi connectivity index (χ0v) is 8.60. The summed E-state index contributed by atoms with van der Waals surface area (Å²) < 4.78 is 21.9. The molecular weight excluding hydrogens is 192 g/mol. The van der Waals surface area contributed by atoms with E-state index in [0.29, 0.717) is 13.2 Å². The zero-order valence-electron chi connectivity index (χ0n) is 7.78. The monoisotopic (exact) mass is 206 g/mol. The molecular formula is C7H14N2O3S. The molecule has 5 nitrogen and oxygen atoms in total. The molecule has 1 atom stereocenters. The van der Waals surface area contributed by atoms with Crippen molar-refractivity contribution >= 4 is 15.7 Å². The quantitative estimate of drug-likeness (QED) is 0.630. The lowest BCUT2D eigenvalue weighted by Crippen LogP contribution is -2.39. The first kappa shape index (κ1) is 10.5. The molecule has 1 N–H and O–H groups in total. The summed E-state index contributed by atoms with van der Waals surface area (Å²) in [4.78, 5) is 12.7. The van der Waals surface area contributed by atoms with Crippen molar-refractivity contribution in [2.45, 2.75) is 13.0 Å². The molecule has 76 valence electrons. The smallest absolute Gasteiger partial charge is 0.237 e. The molecule has 13 heavy (non-hydrogen) atoms. The maximum Gasteiger partial charge on any atom is 0.237 e. The predicted molar refractivity (Wildman–Crippen MR) is 48.9 cm³/mol. The Morgan fingerprint density at radius 3 is 2.62 bits per heavy atom. The van der Waals surface area contributed by atoms with E-state index >= 15 is 0 Å². The van der Waals surface area contributed by atoms with Crippen LogP contribution in [-0.2, 0) is 14.6 Å². The summed E-state index contributed by atoms with van der Waals surface area (Å²) >= 11 is 0. The number of amides is 1. The highest BCUT2D eigenvalue weighted by Crippen LogP contribution is 2.05. The summed E-state index contributed by atoms with van der Waals surface area (Å²) in [5.74, 6) is -0.00315. The Morgan fingerprint density at radius 2 is 2.23 bits per heavy atom. The molecule has 0 radical (unpaired) electrons. The van der Waals surface area contributed by atoms with Gasteiger partial charge in [0, 0.05) is 12.3 Å². The van der Waals surface area contributed by atoms with Crippen LogP contribution in [0.4, 0.5) is 0 Å². The van der Waals surface area contributed by atoms with Crippen molar-refractivity contribution < 1.29 is 13.2 Å². The van der Waals surface area contributed by atoms with Crippen LogP contribution < -0.4 is 5.32 Å². The third kappa shape index (κ3) is 2.96. The molecule has 1 fully saturated rings.